The number of nitrogens with one attached hydrogen (secondary N) is 1. The highest BCUT2D eigenvalue weighted by molar-refractivity contribution is 5.73. The molecule has 206 valence electrons. The van der Waals surface area contributed by atoms with E-state index >= 15 is 0 Å². The lowest BCUT2D eigenvalue weighted by atomic mass is 9.89. The summed E-state index contributed by atoms with van der Waals surface area (Å²) in [4.78, 5) is 13.9. The molecule has 6 heteroatoms. The van der Waals surface area contributed by atoms with E-state index in [9.17, 15) is 9.90 Å². The molecule has 0 spiro atoms. The Morgan fingerprint density at radius 2 is 1.62 bits per heavy atom. The zero-order valence-corrected chi connectivity index (χ0v) is 23.0. The summed E-state index contributed by atoms with van der Waals surface area (Å²) in [5.74, 6) is 0.139. The number of carbonyl (C=O) groups is 1. The third kappa shape index (κ3) is 6.95. The highest BCUT2D eigenvalue weighted by Gasteiger charge is 2.39. The number of aliphatic hydroxyl groups is 1. The second-order valence-corrected chi connectivity index (χ2v) is 10.9. The molecular formula is C33H40N2O4. The number of carbonyl (C=O) groups excluding carboxylic acids is 1. The summed E-state index contributed by atoms with van der Waals surface area (Å²) in [5.41, 5.74) is 6.23. The molecule has 2 N–H and O–H groups in total. The maximum atomic E-state index is 11.4. The van der Waals surface area contributed by atoms with Gasteiger partial charge in [0.1, 0.15) is 0 Å². The van der Waals surface area contributed by atoms with Crippen molar-refractivity contribution in [2.45, 2.75) is 64.8 Å². The Morgan fingerprint density at radius 3 is 2.33 bits per heavy atom. The fourth-order valence-corrected chi connectivity index (χ4v) is 5.68. The molecule has 0 radical (unpaired) electrons. The minimum Gasteiger partial charge on any atom is -0.392 e. The van der Waals surface area contributed by atoms with Crippen molar-refractivity contribution in [2.24, 2.45) is 5.92 Å². The molecule has 0 aromatic heterocycles. The number of aliphatic hydroxyl groups excluding tert-OH is 1. The lowest BCUT2D eigenvalue weighted by molar-refractivity contribution is -0.276. The van der Waals surface area contributed by atoms with Gasteiger partial charge >= 0.3 is 0 Å². The largest absolute Gasteiger partial charge is 0.392 e. The van der Waals surface area contributed by atoms with Gasteiger partial charge in [-0.15, -0.1) is 0 Å². The van der Waals surface area contributed by atoms with Crippen molar-refractivity contribution in [2.75, 3.05) is 19.6 Å². The van der Waals surface area contributed by atoms with E-state index in [1.54, 1.807) is 0 Å². The van der Waals surface area contributed by atoms with Crippen LogP contribution in [-0.4, -0.2) is 41.7 Å². The summed E-state index contributed by atoms with van der Waals surface area (Å²) in [6.07, 6.45) is 3.24. The molecule has 2 heterocycles. The van der Waals surface area contributed by atoms with Crippen LogP contribution in [0.2, 0.25) is 0 Å². The van der Waals surface area contributed by atoms with Crippen LogP contribution in [0, 0.1) is 5.92 Å². The van der Waals surface area contributed by atoms with Crippen LogP contribution in [0.5, 0.6) is 0 Å². The van der Waals surface area contributed by atoms with Gasteiger partial charge in [0.15, 0.2) is 6.29 Å². The van der Waals surface area contributed by atoms with Crippen LogP contribution in [0.3, 0.4) is 0 Å². The number of amides is 1. The molecule has 6 nitrogen and oxygen atoms in total. The van der Waals surface area contributed by atoms with Gasteiger partial charge in [0.25, 0.3) is 0 Å². The minimum absolute atomic E-state index is 0.0312. The van der Waals surface area contributed by atoms with Crippen LogP contribution in [-0.2, 0) is 27.4 Å². The van der Waals surface area contributed by atoms with Crippen LogP contribution in [0.25, 0.3) is 11.1 Å². The standard InChI is InChI=1S/C33H40N2O4/c1-23-31(21-35-16-4-3-5-17-35)38-33(39-32(23)27-14-12-25(22-36)13-15-27)30-11-7-10-29(19-30)28-9-6-8-26(18-28)20-34-24(2)37/h6-15,18-19,23,31-33,36H,3-5,16-17,20-22H2,1-2H3,(H,34,37)/t23-,31+,32+,33+/m0/s1. The Labute approximate surface area is 232 Å². The highest BCUT2D eigenvalue weighted by atomic mass is 16.7. The van der Waals surface area contributed by atoms with Crippen molar-refractivity contribution < 1.29 is 19.4 Å². The summed E-state index contributed by atoms with van der Waals surface area (Å²) in [5, 5.41) is 12.4. The Kier molecular flexibility index (Phi) is 9.09. The summed E-state index contributed by atoms with van der Waals surface area (Å²) in [6, 6.07) is 24.7. The smallest absolute Gasteiger partial charge is 0.217 e. The fourth-order valence-electron chi connectivity index (χ4n) is 5.68. The summed E-state index contributed by atoms with van der Waals surface area (Å²) in [7, 11) is 0. The van der Waals surface area contributed by atoms with Gasteiger partial charge in [-0.1, -0.05) is 74.0 Å². The van der Waals surface area contributed by atoms with Gasteiger partial charge in [0.05, 0.1) is 18.8 Å². The van der Waals surface area contributed by atoms with Crippen molar-refractivity contribution in [1.82, 2.24) is 10.2 Å². The fraction of sp³-hybridized carbons (Fsp3) is 0.424. The average molecular weight is 529 g/mol. The number of piperidine rings is 1. The van der Waals surface area contributed by atoms with E-state index in [0.717, 1.165) is 53.0 Å². The van der Waals surface area contributed by atoms with Gasteiger partial charge in [-0.05, 0) is 65.9 Å². The number of hydrogen-bond acceptors (Lipinski definition) is 5. The first-order chi connectivity index (χ1) is 19.0. The maximum absolute atomic E-state index is 11.4. The number of likely N-dealkylation sites (tertiary alicyclic amines) is 1. The summed E-state index contributed by atoms with van der Waals surface area (Å²) < 4.78 is 13.4. The van der Waals surface area contributed by atoms with Crippen molar-refractivity contribution in [3.63, 3.8) is 0 Å². The van der Waals surface area contributed by atoms with Gasteiger partial charge in [-0.2, -0.15) is 0 Å². The number of hydrogen-bond donors (Lipinski definition) is 2. The van der Waals surface area contributed by atoms with E-state index in [0.29, 0.717) is 6.54 Å². The van der Waals surface area contributed by atoms with Crippen LogP contribution in [0.15, 0.2) is 72.8 Å². The van der Waals surface area contributed by atoms with Gasteiger partial charge < -0.3 is 24.8 Å². The van der Waals surface area contributed by atoms with Crippen molar-refractivity contribution in [3.8, 4) is 11.1 Å². The molecule has 0 aliphatic carbocycles. The molecule has 0 bridgehead atoms. The van der Waals surface area contributed by atoms with Crippen LogP contribution < -0.4 is 5.32 Å². The van der Waals surface area contributed by atoms with E-state index in [2.05, 4.69) is 65.7 Å². The molecule has 2 saturated heterocycles. The van der Waals surface area contributed by atoms with Gasteiger partial charge in [-0.25, -0.2) is 0 Å². The Morgan fingerprint density at radius 1 is 0.897 bits per heavy atom. The molecule has 2 aliphatic rings. The number of rotatable bonds is 8. The number of ether oxygens (including phenoxy) is 2. The third-order valence-corrected chi connectivity index (χ3v) is 7.97. The van der Waals surface area contributed by atoms with Crippen LogP contribution in [0.4, 0.5) is 0 Å². The topological polar surface area (TPSA) is 71.0 Å². The number of benzene rings is 3. The first kappa shape index (κ1) is 27.5. The molecule has 2 fully saturated rings. The molecule has 3 aromatic carbocycles. The second kappa shape index (κ2) is 12.9. The molecule has 4 atom stereocenters. The van der Waals surface area contributed by atoms with E-state index in [1.807, 2.05) is 24.3 Å². The molecule has 0 saturated carbocycles. The zero-order valence-electron chi connectivity index (χ0n) is 23.0. The minimum atomic E-state index is -0.485. The SMILES string of the molecule is CC(=O)NCc1cccc(-c2cccc([C@@H]3O[C@H](CN4CCCCC4)[C@H](C)[C@H](c4ccc(CO)cc4)O3)c2)c1. The van der Waals surface area contributed by atoms with Gasteiger partial charge in [-0.3, -0.25) is 4.79 Å². The number of nitrogens with zero attached hydrogens (tertiary/aromatic N) is 1. The Bertz CT molecular complexity index is 1240. The molecule has 1 amide bonds. The molecule has 2 aliphatic heterocycles. The summed E-state index contributed by atoms with van der Waals surface area (Å²) in [6.45, 7) is 7.44. The third-order valence-electron chi connectivity index (χ3n) is 7.97. The van der Waals surface area contributed by atoms with Crippen molar-refractivity contribution in [3.05, 3.63) is 95.1 Å². The highest BCUT2D eigenvalue weighted by Crippen LogP contribution is 2.42. The maximum Gasteiger partial charge on any atom is 0.217 e. The van der Waals surface area contributed by atoms with Crippen molar-refractivity contribution in [1.29, 1.82) is 0 Å². The lowest BCUT2D eigenvalue weighted by Gasteiger charge is -2.43. The zero-order chi connectivity index (χ0) is 27.2. The normalized spacial score (nSPS) is 23.9. The van der Waals surface area contributed by atoms with Gasteiger partial charge in [0, 0.05) is 31.5 Å². The molecule has 39 heavy (non-hydrogen) atoms. The first-order valence-electron chi connectivity index (χ1n) is 14.2. The van der Waals surface area contributed by atoms with Crippen molar-refractivity contribution >= 4 is 5.91 Å². The average Bonchev–Trinajstić information content (AvgIpc) is 2.98. The monoisotopic (exact) mass is 528 g/mol. The molecule has 0 unspecified atom stereocenters. The van der Waals surface area contributed by atoms with E-state index in [1.165, 1.54) is 26.2 Å². The Balaban J connectivity index is 1.41. The molecule has 3 aromatic rings. The van der Waals surface area contributed by atoms with E-state index in [-0.39, 0.29) is 30.6 Å². The summed E-state index contributed by atoms with van der Waals surface area (Å²) >= 11 is 0. The lowest BCUT2D eigenvalue weighted by Crippen LogP contribution is -2.45. The molecule has 5 rings (SSSR count). The first-order valence-corrected chi connectivity index (χ1v) is 14.2. The van der Waals surface area contributed by atoms with E-state index < -0.39 is 6.29 Å². The second-order valence-electron chi connectivity index (χ2n) is 10.9. The van der Waals surface area contributed by atoms with E-state index in [4.69, 9.17) is 9.47 Å². The van der Waals surface area contributed by atoms with Crippen LogP contribution in [0.1, 0.15) is 67.8 Å². The van der Waals surface area contributed by atoms with Gasteiger partial charge in [0.2, 0.25) is 5.91 Å². The van der Waals surface area contributed by atoms with Crippen LogP contribution >= 0.6 is 0 Å². The Hall–Kier alpha value is -3.03. The quantitative estimate of drug-likeness (QED) is 0.389. The predicted octanol–water partition coefficient (Wildman–Crippen LogP) is 5.76. The molecular weight excluding hydrogens is 488 g/mol. The predicted molar refractivity (Wildman–Crippen MR) is 153 cm³/mol.